The van der Waals surface area contributed by atoms with Crippen LogP contribution in [-0.4, -0.2) is 49.0 Å². The van der Waals surface area contributed by atoms with E-state index in [1.807, 2.05) is 4.90 Å². The summed E-state index contributed by atoms with van der Waals surface area (Å²) in [6, 6.07) is 11.5. The van der Waals surface area contributed by atoms with Gasteiger partial charge in [-0.2, -0.15) is 0 Å². The fraction of sp³-hybridized carbons (Fsp3) is 0.346. The zero-order valence-corrected chi connectivity index (χ0v) is 19.8. The third kappa shape index (κ3) is 5.19. The summed E-state index contributed by atoms with van der Waals surface area (Å²) >= 11 is 0. The Labute approximate surface area is 203 Å². The summed E-state index contributed by atoms with van der Waals surface area (Å²) in [5.74, 6) is 0.499. The molecular formula is C26H28FN5O3. The number of hydrogen-bond donors (Lipinski definition) is 1. The monoisotopic (exact) mass is 477 g/mol. The number of methoxy groups -OCH3 is 1. The number of anilines is 1. The van der Waals surface area contributed by atoms with E-state index in [-0.39, 0.29) is 17.3 Å². The molecule has 1 aliphatic rings. The molecular weight excluding hydrogens is 449 g/mol. The Morgan fingerprint density at radius 3 is 2.46 bits per heavy atom. The minimum Gasteiger partial charge on any atom is -0.491 e. The topological polar surface area (TPSA) is 87.0 Å². The number of piperidine rings is 1. The number of nitrogens with zero attached hydrogens (tertiary/aromatic N) is 4. The normalized spacial score (nSPS) is 14.1. The second-order valence-electron chi connectivity index (χ2n) is 8.47. The van der Waals surface area contributed by atoms with Gasteiger partial charge in [0.05, 0.1) is 24.4 Å². The number of benzene rings is 2. The van der Waals surface area contributed by atoms with E-state index in [1.54, 1.807) is 44.5 Å². The standard InChI is InChI=1S/C26H28FN5O3/c1-29-22-9-6-18(16-21(22)27)24-23(17-4-7-20(8-5-17)35-15-14-34-3)25(33)31(2)26(30-24)32-12-10-19(28)11-13-32/h4-9,16,19H,10-15,28H2,2-3H3. The molecule has 1 fully saturated rings. The summed E-state index contributed by atoms with van der Waals surface area (Å²) in [6.45, 7) is 9.37. The van der Waals surface area contributed by atoms with Crippen molar-refractivity contribution in [1.82, 2.24) is 9.55 Å². The predicted molar refractivity (Wildman–Crippen MR) is 133 cm³/mol. The van der Waals surface area contributed by atoms with Crippen LogP contribution in [0.4, 0.5) is 16.0 Å². The van der Waals surface area contributed by atoms with Crippen LogP contribution in [0.25, 0.3) is 27.2 Å². The maximum atomic E-state index is 14.6. The van der Waals surface area contributed by atoms with Crippen LogP contribution in [0, 0.1) is 12.4 Å². The molecule has 0 amide bonds. The minimum absolute atomic E-state index is 0.0815. The molecule has 3 aromatic rings. The summed E-state index contributed by atoms with van der Waals surface area (Å²) < 4.78 is 26.7. The van der Waals surface area contributed by atoms with Crippen molar-refractivity contribution in [2.45, 2.75) is 18.9 Å². The van der Waals surface area contributed by atoms with E-state index in [9.17, 15) is 9.18 Å². The lowest BCUT2D eigenvalue weighted by molar-refractivity contribution is 0.146. The molecule has 1 saturated heterocycles. The Balaban J connectivity index is 1.83. The van der Waals surface area contributed by atoms with Gasteiger partial charge in [0.15, 0.2) is 0 Å². The Morgan fingerprint density at radius 2 is 1.83 bits per heavy atom. The van der Waals surface area contributed by atoms with Crippen molar-refractivity contribution in [3.63, 3.8) is 0 Å². The lowest BCUT2D eigenvalue weighted by Crippen LogP contribution is -2.42. The van der Waals surface area contributed by atoms with Gasteiger partial charge in [-0.3, -0.25) is 9.36 Å². The molecule has 0 saturated carbocycles. The van der Waals surface area contributed by atoms with Crippen LogP contribution in [0.3, 0.4) is 0 Å². The van der Waals surface area contributed by atoms with E-state index in [2.05, 4.69) is 4.85 Å². The first-order valence-corrected chi connectivity index (χ1v) is 11.4. The van der Waals surface area contributed by atoms with E-state index in [4.69, 9.17) is 26.8 Å². The smallest absolute Gasteiger partial charge is 0.263 e. The SMILES string of the molecule is [C-]#[N+]c1ccc(-c2nc(N3CCC(N)CC3)n(C)c(=O)c2-c2ccc(OCCOC)cc2)cc1F. The second-order valence-corrected chi connectivity index (χ2v) is 8.47. The van der Waals surface area contributed by atoms with Crippen LogP contribution in [0.5, 0.6) is 5.75 Å². The molecule has 2 heterocycles. The van der Waals surface area contributed by atoms with E-state index in [1.165, 1.54) is 16.7 Å². The molecule has 0 bridgehead atoms. The third-order valence-corrected chi connectivity index (χ3v) is 6.13. The van der Waals surface area contributed by atoms with Gasteiger partial charge < -0.3 is 20.1 Å². The molecule has 4 rings (SSSR count). The van der Waals surface area contributed by atoms with Crippen molar-refractivity contribution >= 4 is 11.6 Å². The number of rotatable bonds is 7. The van der Waals surface area contributed by atoms with Gasteiger partial charge in [0.25, 0.3) is 5.56 Å². The van der Waals surface area contributed by atoms with Crippen LogP contribution >= 0.6 is 0 Å². The Hall–Kier alpha value is -3.74. The first-order valence-electron chi connectivity index (χ1n) is 11.4. The average molecular weight is 478 g/mol. The first kappa shape index (κ1) is 24.4. The van der Waals surface area contributed by atoms with Crippen molar-refractivity contribution in [3.8, 4) is 28.1 Å². The van der Waals surface area contributed by atoms with Crippen molar-refractivity contribution in [3.05, 3.63) is 70.1 Å². The molecule has 0 spiro atoms. The summed E-state index contributed by atoms with van der Waals surface area (Å²) in [5, 5.41) is 0. The summed E-state index contributed by atoms with van der Waals surface area (Å²) in [6.07, 6.45) is 1.59. The Kier molecular flexibility index (Phi) is 7.44. The van der Waals surface area contributed by atoms with Gasteiger partial charge in [-0.1, -0.05) is 24.3 Å². The maximum absolute atomic E-state index is 14.6. The minimum atomic E-state index is -0.654. The van der Waals surface area contributed by atoms with E-state index in [0.717, 1.165) is 12.8 Å². The summed E-state index contributed by atoms with van der Waals surface area (Å²) in [7, 11) is 3.30. The van der Waals surface area contributed by atoms with Crippen LogP contribution in [0.15, 0.2) is 47.3 Å². The summed E-state index contributed by atoms with van der Waals surface area (Å²) in [5.41, 5.74) is 7.51. The summed E-state index contributed by atoms with van der Waals surface area (Å²) in [4.78, 5) is 23.8. The largest absolute Gasteiger partial charge is 0.491 e. The molecule has 1 aliphatic heterocycles. The highest BCUT2D eigenvalue weighted by Gasteiger charge is 2.24. The number of nitrogens with two attached hydrogens (primary N) is 1. The predicted octanol–water partition coefficient (Wildman–Crippen LogP) is 3.76. The van der Waals surface area contributed by atoms with Crippen molar-refractivity contribution in [2.75, 3.05) is 38.3 Å². The maximum Gasteiger partial charge on any atom is 0.263 e. The lowest BCUT2D eigenvalue weighted by Gasteiger charge is -2.32. The van der Waals surface area contributed by atoms with Crippen LogP contribution in [0.1, 0.15) is 12.8 Å². The van der Waals surface area contributed by atoms with Gasteiger partial charge in [0.1, 0.15) is 18.2 Å². The fourth-order valence-corrected chi connectivity index (χ4v) is 4.15. The number of ether oxygens (including phenoxy) is 2. The molecule has 182 valence electrons. The molecule has 0 aliphatic carbocycles. The molecule has 2 N–H and O–H groups in total. The highest BCUT2D eigenvalue weighted by atomic mass is 19.1. The number of aromatic nitrogens is 2. The van der Waals surface area contributed by atoms with E-state index < -0.39 is 5.82 Å². The molecule has 8 nitrogen and oxygen atoms in total. The second kappa shape index (κ2) is 10.7. The highest BCUT2D eigenvalue weighted by molar-refractivity contribution is 5.82. The molecule has 0 radical (unpaired) electrons. The van der Waals surface area contributed by atoms with Gasteiger partial charge in [0, 0.05) is 38.9 Å². The third-order valence-electron chi connectivity index (χ3n) is 6.13. The average Bonchev–Trinajstić information content (AvgIpc) is 2.87. The van der Waals surface area contributed by atoms with Gasteiger partial charge in [-0.15, -0.1) is 0 Å². The molecule has 35 heavy (non-hydrogen) atoms. The quantitative estimate of drug-likeness (QED) is 0.412. The van der Waals surface area contributed by atoms with Crippen LogP contribution in [-0.2, 0) is 11.8 Å². The van der Waals surface area contributed by atoms with Crippen LogP contribution in [0.2, 0.25) is 0 Å². The zero-order valence-electron chi connectivity index (χ0n) is 19.8. The van der Waals surface area contributed by atoms with Crippen molar-refractivity contribution in [1.29, 1.82) is 0 Å². The first-order chi connectivity index (χ1) is 16.9. The zero-order chi connectivity index (χ0) is 24.9. The van der Waals surface area contributed by atoms with Gasteiger partial charge in [-0.25, -0.2) is 14.2 Å². The van der Waals surface area contributed by atoms with Crippen LogP contribution < -0.4 is 20.9 Å². The molecule has 1 aromatic heterocycles. The van der Waals surface area contributed by atoms with Gasteiger partial charge in [0.2, 0.25) is 11.6 Å². The van der Waals surface area contributed by atoms with Crippen molar-refractivity contribution < 1.29 is 13.9 Å². The van der Waals surface area contributed by atoms with Crippen molar-refractivity contribution in [2.24, 2.45) is 12.8 Å². The lowest BCUT2D eigenvalue weighted by atomic mass is 9.99. The Bertz CT molecular complexity index is 1290. The molecule has 9 heteroatoms. The fourth-order valence-electron chi connectivity index (χ4n) is 4.15. The van der Waals surface area contributed by atoms with E-state index >= 15 is 0 Å². The molecule has 0 atom stereocenters. The van der Waals surface area contributed by atoms with Gasteiger partial charge >= 0.3 is 0 Å². The van der Waals surface area contributed by atoms with Gasteiger partial charge in [-0.05, 0) is 36.6 Å². The number of halogens is 1. The number of hydrogen-bond acceptors (Lipinski definition) is 6. The highest BCUT2D eigenvalue weighted by Crippen LogP contribution is 2.33. The Morgan fingerprint density at radius 1 is 1.14 bits per heavy atom. The molecule has 0 unspecified atom stereocenters. The van der Waals surface area contributed by atoms with E-state index in [0.29, 0.717) is 60.4 Å². The molecule has 2 aromatic carbocycles.